The zero-order chi connectivity index (χ0) is 18.1. The van der Waals surface area contributed by atoms with E-state index in [4.69, 9.17) is 0 Å². The van der Waals surface area contributed by atoms with Gasteiger partial charge >= 0.3 is 0 Å². The van der Waals surface area contributed by atoms with Crippen molar-refractivity contribution < 1.29 is 5.11 Å². The number of fused-ring (bicyclic) bond motifs is 1. The third-order valence-electron chi connectivity index (χ3n) is 5.87. The van der Waals surface area contributed by atoms with E-state index in [1.54, 1.807) is 4.80 Å². The van der Waals surface area contributed by atoms with Crippen LogP contribution in [0, 0.1) is 0 Å². The number of nitrogens with zero attached hydrogens (tertiary/aromatic N) is 3. The summed E-state index contributed by atoms with van der Waals surface area (Å²) in [7, 11) is 0. The highest BCUT2D eigenvalue weighted by atomic mass is 16.3. The van der Waals surface area contributed by atoms with E-state index in [1.165, 1.54) is 24.8 Å². The average molecular weight is 349 g/mol. The van der Waals surface area contributed by atoms with Gasteiger partial charge in [-0.15, -0.1) is 15.0 Å². The maximum absolute atomic E-state index is 11.1. The van der Waals surface area contributed by atoms with Crippen LogP contribution in [0.1, 0.15) is 75.3 Å². The summed E-state index contributed by atoms with van der Waals surface area (Å²) in [6.07, 6.45) is 7.19. The maximum atomic E-state index is 11.1. The van der Waals surface area contributed by atoms with Crippen molar-refractivity contribution in [1.29, 1.82) is 0 Å². The number of aromatic nitrogens is 3. The van der Waals surface area contributed by atoms with Crippen LogP contribution < -0.4 is 0 Å². The number of hydrogen-bond acceptors (Lipinski definition) is 3. The predicted octanol–water partition coefficient (Wildman–Crippen LogP) is 5.69. The minimum absolute atomic E-state index is 0.351. The monoisotopic (exact) mass is 349 g/mol. The molecule has 1 saturated carbocycles. The second kappa shape index (κ2) is 7.10. The summed E-state index contributed by atoms with van der Waals surface area (Å²) >= 11 is 0. The molecule has 1 aromatic heterocycles. The summed E-state index contributed by atoms with van der Waals surface area (Å²) in [4.78, 5) is 1.61. The Kier molecular flexibility index (Phi) is 4.66. The summed E-state index contributed by atoms with van der Waals surface area (Å²) in [5.74, 6) is 1.24. The molecule has 1 N–H and O–H groups in total. The molecule has 1 fully saturated rings. The van der Waals surface area contributed by atoms with Gasteiger partial charge < -0.3 is 5.11 Å². The Hall–Kier alpha value is -2.36. The standard InChI is InChI=1S/C22H27N3O/c1-3-15(2)17-13-18(16-9-5-4-6-10-16)22(26)21(14-17)25-23-19-11-7-8-12-20(19)24-25/h7-8,11-16,26H,3-6,9-10H2,1-2H3. The number of phenols is 1. The van der Waals surface area contributed by atoms with E-state index >= 15 is 0 Å². The molecule has 1 heterocycles. The molecule has 136 valence electrons. The Morgan fingerprint density at radius 2 is 1.73 bits per heavy atom. The smallest absolute Gasteiger partial charge is 0.146 e. The van der Waals surface area contributed by atoms with Crippen LogP contribution >= 0.6 is 0 Å². The summed E-state index contributed by atoms with van der Waals surface area (Å²) < 4.78 is 0. The van der Waals surface area contributed by atoms with E-state index in [1.807, 2.05) is 24.3 Å². The van der Waals surface area contributed by atoms with Crippen molar-refractivity contribution >= 4 is 11.0 Å². The van der Waals surface area contributed by atoms with Crippen LogP contribution in [0.2, 0.25) is 0 Å². The summed E-state index contributed by atoms with van der Waals surface area (Å²) in [5.41, 5.74) is 4.75. The minimum atomic E-state index is 0.351. The summed E-state index contributed by atoms with van der Waals surface area (Å²) in [6.45, 7) is 4.45. The highest BCUT2D eigenvalue weighted by Gasteiger charge is 2.23. The Labute approximate surface area is 154 Å². The van der Waals surface area contributed by atoms with Crippen LogP contribution in [0.5, 0.6) is 5.75 Å². The number of aromatic hydroxyl groups is 1. The summed E-state index contributed by atoms with van der Waals surface area (Å²) in [5, 5.41) is 20.3. The highest BCUT2D eigenvalue weighted by molar-refractivity contribution is 5.73. The molecule has 1 unspecified atom stereocenters. The SMILES string of the molecule is CCC(C)c1cc(C2CCCCC2)c(O)c(-n2nc3ccccc3n2)c1. The van der Waals surface area contributed by atoms with Gasteiger partial charge in [0.15, 0.2) is 0 Å². The normalized spacial score (nSPS) is 16.8. The molecule has 26 heavy (non-hydrogen) atoms. The van der Waals surface area contributed by atoms with E-state index in [0.717, 1.165) is 35.9 Å². The molecule has 3 aromatic rings. The molecule has 0 radical (unpaired) electrons. The van der Waals surface area contributed by atoms with Gasteiger partial charge in [-0.05, 0) is 60.4 Å². The van der Waals surface area contributed by atoms with Crippen LogP contribution in [0.4, 0.5) is 0 Å². The van der Waals surface area contributed by atoms with Crippen LogP contribution in [-0.2, 0) is 0 Å². The van der Waals surface area contributed by atoms with Crippen molar-refractivity contribution in [2.24, 2.45) is 0 Å². The second-order valence-corrected chi connectivity index (χ2v) is 7.60. The molecule has 2 aromatic carbocycles. The van der Waals surface area contributed by atoms with Gasteiger partial charge in [-0.1, -0.05) is 51.3 Å². The molecule has 1 aliphatic carbocycles. The van der Waals surface area contributed by atoms with E-state index < -0.39 is 0 Å². The second-order valence-electron chi connectivity index (χ2n) is 7.60. The lowest BCUT2D eigenvalue weighted by Gasteiger charge is -2.25. The largest absolute Gasteiger partial charge is 0.505 e. The molecule has 1 aliphatic rings. The number of hydrogen-bond donors (Lipinski definition) is 1. The first-order valence-electron chi connectivity index (χ1n) is 9.86. The van der Waals surface area contributed by atoms with Crippen LogP contribution in [0.25, 0.3) is 16.7 Å². The molecular weight excluding hydrogens is 322 g/mol. The Morgan fingerprint density at radius 1 is 1.08 bits per heavy atom. The van der Waals surface area contributed by atoms with Crippen molar-refractivity contribution in [1.82, 2.24) is 15.0 Å². The van der Waals surface area contributed by atoms with Gasteiger partial charge in [0.2, 0.25) is 0 Å². The zero-order valence-corrected chi connectivity index (χ0v) is 15.7. The lowest BCUT2D eigenvalue weighted by molar-refractivity contribution is 0.411. The average Bonchev–Trinajstić information content (AvgIpc) is 3.12. The quantitative estimate of drug-likeness (QED) is 0.658. The molecule has 0 amide bonds. The number of rotatable bonds is 4. The van der Waals surface area contributed by atoms with Gasteiger partial charge in [-0.2, -0.15) is 0 Å². The molecule has 4 nitrogen and oxygen atoms in total. The van der Waals surface area contributed by atoms with Crippen molar-refractivity contribution in [2.75, 3.05) is 0 Å². The Bertz CT molecular complexity index is 876. The van der Waals surface area contributed by atoms with Gasteiger partial charge in [0, 0.05) is 0 Å². The molecule has 0 spiro atoms. The summed E-state index contributed by atoms with van der Waals surface area (Å²) in [6, 6.07) is 12.1. The van der Waals surface area contributed by atoms with Crippen LogP contribution in [0.3, 0.4) is 0 Å². The third-order valence-corrected chi connectivity index (χ3v) is 5.87. The molecule has 4 rings (SSSR count). The Balaban J connectivity index is 1.86. The van der Waals surface area contributed by atoms with E-state index in [9.17, 15) is 5.11 Å². The molecule has 0 saturated heterocycles. The molecule has 0 aliphatic heterocycles. The lowest BCUT2D eigenvalue weighted by atomic mass is 9.82. The molecule has 1 atom stereocenters. The van der Waals surface area contributed by atoms with Gasteiger partial charge in [0.1, 0.15) is 22.5 Å². The van der Waals surface area contributed by atoms with Gasteiger partial charge in [-0.3, -0.25) is 0 Å². The minimum Gasteiger partial charge on any atom is -0.505 e. The first-order chi connectivity index (χ1) is 12.7. The lowest BCUT2D eigenvalue weighted by Crippen LogP contribution is -2.09. The van der Waals surface area contributed by atoms with E-state index in [-0.39, 0.29) is 0 Å². The maximum Gasteiger partial charge on any atom is 0.146 e. The zero-order valence-electron chi connectivity index (χ0n) is 15.7. The number of benzene rings is 2. The topological polar surface area (TPSA) is 50.9 Å². The van der Waals surface area contributed by atoms with E-state index in [2.05, 4.69) is 36.2 Å². The van der Waals surface area contributed by atoms with E-state index in [0.29, 0.717) is 23.3 Å². The first-order valence-corrected chi connectivity index (χ1v) is 9.86. The fourth-order valence-electron chi connectivity index (χ4n) is 4.03. The van der Waals surface area contributed by atoms with Crippen molar-refractivity contribution in [2.45, 2.75) is 64.2 Å². The van der Waals surface area contributed by atoms with Crippen molar-refractivity contribution in [3.05, 3.63) is 47.5 Å². The van der Waals surface area contributed by atoms with Crippen LogP contribution in [-0.4, -0.2) is 20.1 Å². The van der Waals surface area contributed by atoms with Crippen molar-refractivity contribution in [3.63, 3.8) is 0 Å². The molecule has 4 heteroatoms. The van der Waals surface area contributed by atoms with Gasteiger partial charge in [-0.25, -0.2) is 0 Å². The van der Waals surface area contributed by atoms with Crippen molar-refractivity contribution in [3.8, 4) is 11.4 Å². The number of phenolic OH excluding ortho intramolecular Hbond substituents is 1. The Morgan fingerprint density at radius 3 is 2.35 bits per heavy atom. The van der Waals surface area contributed by atoms with Gasteiger partial charge in [0.05, 0.1) is 0 Å². The van der Waals surface area contributed by atoms with Crippen LogP contribution in [0.15, 0.2) is 36.4 Å². The predicted molar refractivity (Wildman–Crippen MR) is 105 cm³/mol. The van der Waals surface area contributed by atoms with Gasteiger partial charge in [0.25, 0.3) is 0 Å². The highest BCUT2D eigenvalue weighted by Crippen LogP contribution is 2.41. The fraction of sp³-hybridized carbons (Fsp3) is 0.455. The first kappa shape index (κ1) is 17.1. The molecule has 0 bridgehead atoms. The molecular formula is C22H27N3O. The fourth-order valence-corrected chi connectivity index (χ4v) is 4.03. The third kappa shape index (κ3) is 3.09.